The summed E-state index contributed by atoms with van der Waals surface area (Å²) in [7, 11) is 0. The van der Waals surface area contributed by atoms with Gasteiger partial charge < -0.3 is 14.9 Å². The van der Waals surface area contributed by atoms with Crippen LogP contribution in [-0.4, -0.2) is 11.8 Å². The van der Waals surface area contributed by atoms with Gasteiger partial charge >= 0.3 is 51.4 Å². The van der Waals surface area contributed by atoms with Crippen molar-refractivity contribution in [2.75, 3.05) is 0 Å². The second-order valence-electron chi connectivity index (χ2n) is 3.42. The minimum absolute atomic E-state index is 0. The number of hydrogen-bond acceptors (Lipinski definition) is 2. The van der Waals surface area contributed by atoms with E-state index >= 15 is 0 Å². The van der Waals surface area contributed by atoms with Gasteiger partial charge in [0.25, 0.3) is 0 Å². The molecule has 0 atom stereocenters. The second-order valence-corrected chi connectivity index (χ2v) is 3.42. The maximum atomic E-state index is 10.7. The second kappa shape index (κ2) is 4.14. The van der Waals surface area contributed by atoms with Crippen LogP contribution in [0, 0.1) is 5.41 Å². The van der Waals surface area contributed by atoms with E-state index in [0.717, 1.165) is 0 Å². The smallest absolute Gasteiger partial charge is 0.596 e. The van der Waals surface area contributed by atoms with Crippen LogP contribution in [-0.2, 0) is 9.59 Å². The summed E-state index contributed by atoms with van der Waals surface area (Å²) >= 11 is 0. The summed E-state index contributed by atoms with van der Waals surface area (Å²) in [6, 6.07) is 0. The Labute approximate surface area is 109 Å². The van der Waals surface area contributed by atoms with Crippen LogP contribution >= 0.6 is 0 Å². The van der Waals surface area contributed by atoms with E-state index < -0.39 is 0 Å². The molecule has 0 aliphatic carbocycles. The van der Waals surface area contributed by atoms with E-state index in [4.69, 9.17) is 0 Å². The molecule has 0 aromatic carbocycles. The monoisotopic (exact) mass is 179 g/mol. The third kappa shape index (κ3) is 3.80. The van der Waals surface area contributed by atoms with Gasteiger partial charge in [0.05, 0.1) is 11.8 Å². The average molecular weight is 179 g/mol. The molecule has 2 amide bonds. The minimum Gasteiger partial charge on any atom is -0.596 e. The zero-order chi connectivity index (χ0) is 7.78. The molecule has 0 aromatic rings. The number of amides is 2. The first kappa shape index (κ1) is 11.8. The fourth-order valence-corrected chi connectivity index (χ4v) is 1.10. The van der Waals surface area contributed by atoms with Gasteiger partial charge in [-0.15, -0.1) is 0 Å². The predicted octanol–water partition coefficient (Wildman–Crippen LogP) is -1.76. The van der Waals surface area contributed by atoms with Crippen LogP contribution in [0.2, 0.25) is 0 Å². The number of imide groups is 1. The fraction of sp³-hybridized carbons (Fsp3) is 0.714. The number of rotatable bonds is 0. The molecule has 3 nitrogen and oxygen atoms in total. The van der Waals surface area contributed by atoms with Gasteiger partial charge in [0.1, 0.15) is 0 Å². The first-order chi connectivity index (χ1) is 4.49. The molecule has 0 spiro atoms. The molecule has 1 aliphatic rings. The Morgan fingerprint density at radius 3 is 1.82 bits per heavy atom. The van der Waals surface area contributed by atoms with Crippen molar-refractivity contribution in [2.24, 2.45) is 5.41 Å². The topological polar surface area (TPSA) is 48.2 Å². The zero-order valence-corrected chi connectivity index (χ0v) is 10.3. The van der Waals surface area contributed by atoms with Crippen LogP contribution in [0.25, 0.3) is 5.32 Å². The van der Waals surface area contributed by atoms with Crippen LogP contribution < -0.4 is 51.4 Å². The summed E-state index contributed by atoms with van der Waals surface area (Å²) in [5.74, 6) is -0.553. The molecular weight excluding hydrogens is 169 g/mol. The molecule has 0 unspecified atom stereocenters. The van der Waals surface area contributed by atoms with Gasteiger partial charge in [-0.1, -0.05) is 13.8 Å². The third-order valence-electron chi connectivity index (χ3n) is 1.51. The van der Waals surface area contributed by atoms with Crippen molar-refractivity contribution in [1.82, 2.24) is 0 Å². The van der Waals surface area contributed by atoms with Gasteiger partial charge in [-0.3, -0.25) is 0 Å². The number of hydrogen-bond donors (Lipinski definition) is 0. The molecule has 0 N–H and O–H groups in total. The normalized spacial score (nSPS) is 22.0. The fourth-order valence-electron chi connectivity index (χ4n) is 1.10. The molecule has 0 aromatic heterocycles. The van der Waals surface area contributed by atoms with Crippen molar-refractivity contribution in [3.63, 3.8) is 0 Å². The van der Waals surface area contributed by atoms with Gasteiger partial charge in [-0.05, 0) is 18.3 Å². The summed E-state index contributed by atoms with van der Waals surface area (Å²) in [6.07, 6.45) is 0.803. The summed E-state index contributed by atoms with van der Waals surface area (Å²) < 4.78 is 0. The standard InChI is InChI=1S/C7H11NO2.K/c1-7(2)3-5(9)8-6(10)4-7;/h3-4H2,1-2H3,(H,8,9,10);/q;+1/p-1. The van der Waals surface area contributed by atoms with Crippen molar-refractivity contribution < 1.29 is 61.0 Å². The molecule has 0 bridgehead atoms. The Kier molecular flexibility index (Phi) is 4.43. The maximum Gasteiger partial charge on any atom is 1.00 e. The van der Waals surface area contributed by atoms with Crippen molar-refractivity contribution in [3.8, 4) is 0 Å². The van der Waals surface area contributed by atoms with E-state index in [9.17, 15) is 9.59 Å². The van der Waals surface area contributed by atoms with Crippen LogP contribution in [0.3, 0.4) is 0 Å². The Morgan fingerprint density at radius 1 is 1.18 bits per heavy atom. The maximum absolute atomic E-state index is 10.7. The van der Waals surface area contributed by atoms with Crippen LogP contribution in [0.15, 0.2) is 0 Å². The number of carbonyl (C=O) groups excluding carboxylic acids is 2. The van der Waals surface area contributed by atoms with Gasteiger partial charge in [0, 0.05) is 0 Å². The van der Waals surface area contributed by atoms with Crippen LogP contribution in [0.5, 0.6) is 0 Å². The van der Waals surface area contributed by atoms with E-state index in [1.165, 1.54) is 0 Å². The van der Waals surface area contributed by atoms with E-state index in [1.807, 2.05) is 13.8 Å². The molecular formula is C7H10KNO2. The first-order valence-electron chi connectivity index (χ1n) is 3.27. The Morgan fingerprint density at radius 2 is 1.55 bits per heavy atom. The molecule has 1 fully saturated rings. The predicted molar refractivity (Wildman–Crippen MR) is 36.4 cm³/mol. The average Bonchev–Trinajstić information content (AvgIpc) is 1.54. The van der Waals surface area contributed by atoms with Gasteiger partial charge in [-0.25, -0.2) is 0 Å². The van der Waals surface area contributed by atoms with E-state index in [0.29, 0.717) is 12.8 Å². The summed E-state index contributed by atoms with van der Waals surface area (Å²) in [6.45, 7) is 3.80. The van der Waals surface area contributed by atoms with Crippen molar-refractivity contribution >= 4 is 11.8 Å². The van der Waals surface area contributed by atoms with Gasteiger partial charge in [-0.2, -0.15) is 0 Å². The van der Waals surface area contributed by atoms with Gasteiger partial charge in [0.15, 0.2) is 0 Å². The van der Waals surface area contributed by atoms with Crippen molar-refractivity contribution in [2.45, 2.75) is 26.7 Å². The Balaban J connectivity index is 0.000001000. The van der Waals surface area contributed by atoms with Crippen LogP contribution in [0.4, 0.5) is 0 Å². The molecule has 4 heteroatoms. The summed E-state index contributed by atoms with van der Waals surface area (Å²) in [4.78, 5) is 21.4. The Bertz CT molecular complexity index is 171. The third-order valence-corrected chi connectivity index (χ3v) is 1.51. The van der Waals surface area contributed by atoms with E-state index in [2.05, 4.69) is 5.32 Å². The number of piperidine rings is 1. The summed E-state index contributed by atoms with van der Waals surface area (Å²) in [5, 5.41) is 3.30. The SMILES string of the molecule is CC1(C)CC(=O)[N-]C(=O)C1.[K+]. The van der Waals surface area contributed by atoms with E-state index in [-0.39, 0.29) is 68.6 Å². The minimum atomic E-state index is -0.277. The zero-order valence-electron chi connectivity index (χ0n) is 7.18. The summed E-state index contributed by atoms with van der Waals surface area (Å²) in [5.41, 5.74) is -0.171. The Hall–Kier alpha value is 0.776. The van der Waals surface area contributed by atoms with Gasteiger partial charge in [0.2, 0.25) is 0 Å². The number of nitrogens with zero attached hydrogens (tertiary/aromatic N) is 1. The molecule has 0 saturated carbocycles. The van der Waals surface area contributed by atoms with E-state index in [1.54, 1.807) is 0 Å². The molecule has 56 valence electrons. The number of carbonyl (C=O) groups is 2. The molecule has 1 rings (SSSR count). The van der Waals surface area contributed by atoms with Crippen molar-refractivity contribution in [3.05, 3.63) is 5.32 Å². The molecule has 11 heavy (non-hydrogen) atoms. The quantitative estimate of drug-likeness (QED) is 0.327. The first-order valence-corrected chi connectivity index (χ1v) is 3.27. The molecule has 0 radical (unpaired) electrons. The molecule has 1 heterocycles. The van der Waals surface area contributed by atoms with Crippen LogP contribution in [0.1, 0.15) is 26.7 Å². The molecule has 1 saturated heterocycles. The largest absolute Gasteiger partial charge is 1.00 e. The van der Waals surface area contributed by atoms with Crippen molar-refractivity contribution in [1.29, 1.82) is 0 Å². The molecule has 1 aliphatic heterocycles.